The van der Waals surface area contributed by atoms with Gasteiger partial charge in [0.2, 0.25) is 5.91 Å². The van der Waals surface area contributed by atoms with Crippen molar-refractivity contribution in [2.75, 3.05) is 16.8 Å². The van der Waals surface area contributed by atoms with Gasteiger partial charge in [-0.3, -0.25) is 4.79 Å². The summed E-state index contributed by atoms with van der Waals surface area (Å²) in [6.45, 7) is 0. The van der Waals surface area contributed by atoms with Crippen LogP contribution in [-0.4, -0.2) is 11.7 Å². The molecule has 1 aromatic carbocycles. The van der Waals surface area contributed by atoms with E-state index in [1.165, 1.54) is 11.8 Å². The molecule has 1 heterocycles. The number of amides is 1. The fourth-order valence-corrected chi connectivity index (χ4v) is 2.86. The van der Waals surface area contributed by atoms with Gasteiger partial charge in [0, 0.05) is 0 Å². The van der Waals surface area contributed by atoms with Gasteiger partial charge in [0.15, 0.2) is 0 Å². The van der Waals surface area contributed by atoms with Gasteiger partial charge in [0.1, 0.15) is 0 Å². The van der Waals surface area contributed by atoms with Crippen molar-refractivity contribution in [1.29, 1.82) is 0 Å². The summed E-state index contributed by atoms with van der Waals surface area (Å²) in [4.78, 5) is 11.7. The van der Waals surface area contributed by atoms with E-state index in [0.717, 1.165) is 4.21 Å². The molecule has 2 aromatic rings. The molecule has 0 fully saturated rings. The Hall–Kier alpha value is -1.46. The molecule has 0 aliphatic heterocycles. The van der Waals surface area contributed by atoms with E-state index in [4.69, 9.17) is 5.73 Å². The van der Waals surface area contributed by atoms with Crippen LogP contribution in [0.25, 0.3) is 0 Å². The monoisotopic (exact) mass is 264 g/mol. The second-order valence-electron chi connectivity index (χ2n) is 3.36. The van der Waals surface area contributed by atoms with E-state index in [2.05, 4.69) is 5.32 Å². The third-order valence-electron chi connectivity index (χ3n) is 2.08. The molecule has 3 N–H and O–H groups in total. The molecule has 88 valence electrons. The number of benzene rings is 1. The molecule has 5 heteroatoms. The second kappa shape index (κ2) is 5.75. The Morgan fingerprint density at radius 3 is 2.82 bits per heavy atom. The predicted molar refractivity (Wildman–Crippen MR) is 74.5 cm³/mol. The normalized spacial score (nSPS) is 10.1. The fourth-order valence-electron chi connectivity index (χ4n) is 1.28. The van der Waals surface area contributed by atoms with Crippen molar-refractivity contribution in [2.24, 2.45) is 0 Å². The number of anilines is 2. The predicted octanol–water partition coefficient (Wildman–Crippen LogP) is 3.06. The topological polar surface area (TPSA) is 55.1 Å². The first-order valence-corrected chi connectivity index (χ1v) is 6.93. The van der Waals surface area contributed by atoms with Crippen LogP contribution in [0.15, 0.2) is 46.0 Å². The van der Waals surface area contributed by atoms with E-state index in [1.54, 1.807) is 23.5 Å². The van der Waals surface area contributed by atoms with Crippen molar-refractivity contribution >= 4 is 40.4 Å². The highest BCUT2D eigenvalue weighted by Gasteiger charge is 2.05. The number of nitrogens with two attached hydrogens (primary N) is 1. The minimum Gasteiger partial charge on any atom is -0.397 e. The Morgan fingerprint density at radius 2 is 2.12 bits per heavy atom. The third-order valence-corrected chi connectivity index (χ3v) is 4.21. The number of para-hydroxylation sites is 2. The Morgan fingerprint density at radius 1 is 1.29 bits per heavy atom. The zero-order valence-corrected chi connectivity index (χ0v) is 10.7. The molecule has 0 bridgehead atoms. The summed E-state index contributed by atoms with van der Waals surface area (Å²) in [5, 5.41) is 4.79. The number of hydrogen-bond donors (Lipinski definition) is 2. The van der Waals surface area contributed by atoms with Crippen LogP contribution in [0.5, 0.6) is 0 Å². The third kappa shape index (κ3) is 3.51. The Labute approximate surface area is 108 Å². The first-order chi connectivity index (χ1) is 8.25. The zero-order chi connectivity index (χ0) is 12.1. The first kappa shape index (κ1) is 12.0. The molecular weight excluding hydrogens is 252 g/mol. The highest BCUT2D eigenvalue weighted by atomic mass is 32.2. The van der Waals surface area contributed by atoms with Crippen LogP contribution in [0.4, 0.5) is 11.4 Å². The molecule has 1 amide bonds. The summed E-state index contributed by atoms with van der Waals surface area (Å²) in [7, 11) is 0. The number of nitrogens with one attached hydrogen (secondary N) is 1. The lowest BCUT2D eigenvalue weighted by Crippen LogP contribution is -2.14. The average Bonchev–Trinajstić information content (AvgIpc) is 2.82. The van der Waals surface area contributed by atoms with Crippen LogP contribution in [0, 0.1) is 0 Å². The SMILES string of the molecule is Nc1ccccc1NC(=O)CSc1cccs1. The van der Waals surface area contributed by atoms with Crippen molar-refractivity contribution in [1.82, 2.24) is 0 Å². The average molecular weight is 264 g/mol. The van der Waals surface area contributed by atoms with E-state index in [0.29, 0.717) is 17.1 Å². The molecule has 17 heavy (non-hydrogen) atoms. The minimum atomic E-state index is -0.0405. The van der Waals surface area contributed by atoms with Crippen LogP contribution in [-0.2, 0) is 4.79 Å². The number of rotatable bonds is 4. The molecule has 0 atom stereocenters. The first-order valence-electron chi connectivity index (χ1n) is 5.06. The van der Waals surface area contributed by atoms with E-state index in [1.807, 2.05) is 29.6 Å². The lowest BCUT2D eigenvalue weighted by molar-refractivity contribution is -0.113. The van der Waals surface area contributed by atoms with E-state index in [-0.39, 0.29) is 5.91 Å². The lowest BCUT2D eigenvalue weighted by Gasteiger charge is -2.06. The molecule has 0 aliphatic carbocycles. The summed E-state index contributed by atoms with van der Waals surface area (Å²) in [6.07, 6.45) is 0. The standard InChI is InChI=1S/C12H12N2OS2/c13-9-4-1-2-5-10(9)14-11(15)8-17-12-6-3-7-16-12/h1-7H,8,13H2,(H,14,15). The molecule has 3 nitrogen and oxygen atoms in total. The number of thiophene rings is 1. The number of nitrogen functional groups attached to an aromatic ring is 1. The van der Waals surface area contributed by atoms with Gasteiger partial charge in [-0.05, 0) is 23.6 Å². The Balaban J connectivity index is 1.87. The molecule has 0 saturated heterocycles. The maximum Gasteiger partial charge on any atom is 0.234 e. The molecule has 0 saturated carbocycles. The number of carbonyl (C=O) groups is 1. The number of thioether (sulfide) groups is 1. The quantitative estimate of drug-likeness (QED) is 0.659. The summed E-state index contributed by atoms with van der Waals surface area (Å²) in [5.41, 5.74) is 7.00. The summed E-state index contributed by atoms with van der Waals surface area (Å²) in [5.74, 6) is 0.357. The van der Waals surface area contributed by atoms with E-state index in [9.17, 15) is 4.79 Å². The Kier molecular flexibility index (Phi) is 4.06. The van der Waals surface area contributed by atoms with Crippen LogP contribution in [0.2, 0.25) is 0 Å². The van der Waals surface area contributed by atoms with Gasteiger partial charge in [-0.25, -0.2) is 0 Å². The van der Waals surface area contributed by atoms with Gasteiger partial charge in [-0.1, -0.05) is 18.2 Å². The summed E-state index contributed by atoms with van der Waals surface area (Å²) in [6, 6.07) is 11.2. The lowest BCUT2D eigenvalue weighted by atomic mass is 10.3. The van der Waals surface area contributed by atoms with Gasteiger partial charge < -0.3 is 11.1 Å². The molecule has 1 aromatic heterocycles. The van der Waals surface area contributed by atoms with Crippen molar-refractivity contribution in [3.8, 4) is 0 Å². The maximum absolute atomic E-state index is 11.7. The van der Waals surface area contributed by atoms with Gasteiger partial charge in [-0.2, -0.15) is 0 Å². The highest BCUT2D eigenvalue weighted by Crippen LogP contribution is 2.24. The molecule has 0 radical (unpaired) electrons. The van der Waals surface area contributed by atoms with E-state index >= 15 is 0 Å². The van der Waals surface area contributed by atoms with E-state index < -0.39 is 0 Å². The van der Waals surface area contributed by atoms with Crippen LogP contribution >= 0.6 is 23.1 Å². The molecule has 2 rings (SSSR count). The van der Waals surface area contributed by atoms with Crippen molar-refractivity contribution < 1.29 is 4.79 Å². The van der Waals surface area contributed by atoms with Gasteiger partial charge in [-0.15, -0.1) is 23.1 Å². The molecule has 0 spiro atoms. The van der Waals surface area contributed by atoms with Crippen molar-refractivity contribution in [3.05, 3.63) is 41.8 Å². The largest absolute Gasteiger partial charge is 0.397 e. The minimum absolute atomic E-state index is 0.0405. The summed E-state index contributed by atoms with van der Waals surface area (Å²) >= 11 is 3.16. The Bertz CT molecular complexity index is 497. The highest BCUT2D eigenvalue weighted by molar-refractivity contribution is 8.01. The van der Waals surface area contributed by atoms with Gasteiger partial charge >= 0.3 is 0 Å². The fraction of sp³-hybridized carbons (Fsp3) is 0.0833. The molecular formula is C12H12N2OS2. The molecule has 0 aliphatic rings. The zero-order valence-electron chi connectivity index (χ0n) is 9.05. The van der Waals surface area contributed by atoms with Gasteiger partial charge in [0.05, 0.1) is 21.3 Å². The van der Waals surface area contributed by atoms with Crippen LogP contribution in [0.1, 0.15) is 0 Å². The molecule has 0 unspecified atom stereocenters. The van der Waals surface area contributed by atoms with Crippen LogP contribution < -0.4 is 11.1 Å². The summed E-state index contributed by atoms with van der Waals surface area (Å²) < 4.78 is 1.14. The second-order valence-corrected chi connectivity index (χ2v) is 5.58. The van der Waals surface area contributed by atoms with Crippen LogP contribution in [0.3, 0.4) is 0 Å². The van der Waals surface area contributed by atoms with Crippen molar-refractivity contribution in [2.45, 2.75) is 4.21 Å². The number of hydrogen-bond acceptors (Lipinski definition) is 4. The van der Waals surface area contributed by atoms with Crippen molar-refractivity contribution in [3.63, 3.8) is 0 Å². The number of carbonyl (C=O) groups excluding carboxylic acids is 1. The smallest absolute Gasteiger partial charge is 0.234 e. The maximum atomic E-state index is 11.7. The van der Waals surface area contributed by atoms with Gasteiger partial charge in [0.25, 0.3) is 0 Å².